The van der Waals surface area contributed by atoms with Gasteiger partial charge in [0.15, 0.2) is 0 Å². The molecule has 24 heavy (non-hydrogen) atoms. The monoisotopic (exact) mass is 328 g/mol. The fourth-order valence-corrected chi connectivity index (χ4v) is 2.71. The number of aliphatic hydroxyl groups is 1. The molecule has 0 aliphatic carbocycles. The number of amides is 1. The Hall–Kier alpha value is -2.54. The van der Waals surface area contributed by atoms with E-state index < -0.39 is 6.10 Å². The fraction of sp³-hybridized carbons (Fsp3) is 0.412. The van der Waals surface area contributed by atoms with Crippen LogP contribution in [0.4, 0.5) is 0 Å². The predicted octanol–water partition coefficient (Wildman–Crippen LogP) is 1.22. The first kappa shape index (κ1) is 16.3. The minimum absolute atomic E-state index is 0.175. The standard InChI is InChI=1S/C17H20N4O3/c1-12-14(4-2-7-18-12)24-15-6-11-21(10-5-13(15)22)17(23)16-19-8-3-9-20-16/h2-4,7-9,13,15,22H,5-6,10-11H2,1H3/t13-,15-/m0/s1. The summed E-state index contributed by atoms with van der Waals surface area (Å²) < 4.78 is 5.93. The molecule has 7 heteroatoms. The molecule has 3 rings (SSSR count). The minimum atomic E-state index is -0.640. The van der Waals surface area contributed by atoms with Crippen LogP contribution in [-0.4, -0.2) is 56.2 Å². The minimum Gasteiger partial charge on any atom is -0.486 e. The van der Waals surface area contributed by atoms with Crippen molar-refractivity contribution in [3.05, 3.63) is 48.3 Å². The van der Waals surface area contributed by atoms with Gasteiger partial charge < -0.3 is 14.7 Å². The number of pyridine rings is 1. The van der Waals surface area contributed by atoms with Crippen molar-refractivity contribution in [3.8, 4) is 5.75 Å². The summed E-state index contributed by atoms with van der Waals surface area (Å²) in [5, 5.41) is 10.4. The van der Waals surface area contributed by atoms with Gasteiger partial charge in [0.05, 0.1) is 11.8 Å². The largest absolute Gasteiger partial charge is 0.486 e. The Morgan fingerprint density at radius 3 is 2.62 bits per heavy atom. The van der Waals surface area contributed by atoms with E-state index in [4.69, 9.17) is 4.74 Å². The summed E-state index contributed by atoms with van der Waals surface area (Å²) in [6.45, 7) is 2.79. The van der Waals surface area contributed by atoms with Gasteiger partial charge in [-0.15, -0.1) is 0 Å². The maximum Gasteiger partial charge on any atom is 0.291 e. The van der Waals surface area contributed by atoms with Crippen LogP contribution in [0.5, 0.6) is 5.75 Å². The lowest BCUT2D eigenvalue weighted by molar-refractivity contribution is 0.0343. The zero-order valence-corrected chi connectivity index (χ0v) is 13.5. The van der Waals surface area contributed by atoms with Gasteiger partial charge in [0.1, 0.15) is 11.9 Å². The molecule has 126 valence electrons. The Balaban J connectivity index is 1.67. The third-order valence-electron chi connectivity index (χ3n) is 4.09. The van der Waals surface area contributed by atoms with Crippen molar-refractivity contribution in [1.29, 1.82) is 0 Å². The molecule has 0 saturated carbocycles. The Labute approximate surface area is 140 Å². The average Bonchev–Trinajstić information content (AvgIpc) is 2.79. The molecule has 1 fully saturated rings. The van der Waals surface area contributed by atoms with Crippen LogP contribution in [-0.2, 0) is 0 Å². The molecular formula is C17H20N4O3. The van der Waals surface area contributed by atoms with E-state index in [-0.39, 0.29) is 17.8 Å². The van der Waals surface area contributed by atoms with E-state index in [9.17, 15) is 9.90 Å². The molecule has 0 bridgehead atoms. The highest BCUT2D eigenvalue weighted by Gasteiger charge is 2.29. The van der Waals surface area contributed by atoms with E-state index in [2.05, 4.69) is 15.0 Å². The molecule has 1 N–H and O–H groups in total. The lowest BCUT2D eigenvalue weighted by atomic mass is 10.1. The highest BCUT2D eigenvalue weighted by molar-refractivity contribution is 5.90. The zero-order valence-electron chi connectivity index (χ0n) is 13.5. The van der Waals surface area contributed by atoms with Crippen molar-refractivity contribution >= 4 is 5.91 Å². The number of likely N-dealkylation sites (tertiary alicyclic amines) is 1. The van der Waals surface area contributed by atoms with Crippen LogP contribution < -0.4 is 4.74 Å². The highest BCUT2D eigenvalue weighted by Crippen LogP contribution is 2.22. The summed E-state index contributed by atoms with van der Waals surface area (Å²) in [5.74, 6) is 0.614. The third kappa shape index (κ3) is 3.68. The van der Waals surface area contributed by atoms with Crippen molar-refractivity contribution in [2.24, 2.45) is 0 Å². The van der Waals surface area contributed by atoms with Gasteiger partial charge >= 0.3 is 0 Å². The molecule has 0 radical (unpaired) electrons. The lowest BCUT2D eigenvalue weighted by Crippen LogP contribution is -2.33. The maximum absolute atomic E-state index is 12.4. The molecule has 1 amide bonds. The number of aromatic nitrogens is 3. The van der Waals surface area contributed by atoms with Gasteiger partial charge in [0.25, 0.3) is 5.91 Å². The van der Waals surface area contributed by atoms with E-state index >= 15 is 0 Å². The summed E-state index contributed by atoms with van der Waals surface area (Å²) in [6, 6.07) is 5.30. The van der Waals surface area contributed by atoms with Crippen molar-refractivity contribution in [2.75, 3.05) is 13.1 Å². The smallest absolute Gasteiger partial charge is 0.291 e. The van der Waals surface area contributed by atoms with Gasteiger partial charge in [-0.05, 0) is 31.5 Å². The summed E-state index contributed by atoms with van der Waals surface area (Å²) in [6.07, 6.45) is 4.76. The number of ether oxygens (including phenoxy) is 1. The Morgan fingerprint density at radius 1 is 1.17 bits per heavy atom. The van der Waals surface area contributed by atoms with E-state index in [1.54, 1.807) is 35.6 Å². The predicted molar refractivity (Wildman–Crippen MR) is 86.6 cm³/mol. The summed E-state index contributed by atoms with van der Waals surface area (Å²) in [7, 11) is 0. The molecule has 1 aliphatic rings. The molecular weight excluding hydrogens is 308 g/mol. The molecule has 7 nitrogen and oxygen atoms in total. The number of aliphatic hydroxyl groups excluding tert-OH is 1. The molecule has 0 aromatic carbocycles. The number of carbonyl (C=O) groups is 1. The van der Waals surface area contributed by atoms with Crippen LogP contribution in [0, 0.1) is 6.92 Å². The number of aryl methyl sites for hydroxylation is 1. The van der Waals surface area contributed by atoms with E-state index in [1.165, 1.54) is 0 Å². The third-order valence-corrected chi connectivity index (χ3v) is 4.09. The first-order valence-corrected chi connectivity index (χ1v) is 7.98. The lowest BCUT2D eigenvalue weighted by Gasteiger charge is -2.22. The van der Waals surface area contributed by atoms with Gasteiger partial charge in [-0.2, -0.15) is 0 Å². The van der Waals surface area contributed by atoms with Crippen LogP contribution in [0.25, 0.3) is 0 Å². The normalized spacial score (nSPS) is 21.2. The Bertz CT molecular complexity index is 695. The van der Waals surface area contributed by atoms with Gasteiger partial charge in [0.2, 0.25) is 5.82 Å². The molecule has 2 aromatic rings. The van der Waals surface area contributed by atoms with Crippen molar-refractivity contribution in [3.63, 3.8) is 0 Å². The van der Waals surface area contributed by atoms with Crippen LogP contribution in [0.2, 0.25) is 0 Å². The molecule has 2 aromatic heterocycles. The topological polar surface area (TPSA) is 88.4 Å². The molecule has 1 aliphatic heterocycles. The van der Waals surface area contributed by atoms with E-state index in [0.29, 0.717) is 31.7 Å². The average molecular weight is 328 g/mol. The van der Waals surface area contributed by atoms with Crippen LogP contribution in [0.1, 0.15) is 29.2 Å². The number of hydrogen-bond donors (Lipinski definition) is 1. The van der Waals surface area contributed by atoms with Gasteiger partial charge in [-0.1, -0.05) is 0 Å². The quantitative estimate of drug-likeness (QED) is 0.911. The molecule has 1 saturated heterocycles. The first-order chi connectivity index (χ1) is 11.6. The van der Waals surface area contributed by atoms with Crippen molar-refractivity contribution in [1.82, 2.24) is 19.9 Å². The Morgan fingerprint density at radius 2 is 1.88 bits per heavy atom. The molecule has 3 heterocycles. The molecule has 0 unspecified atom stereocenters. The second kappa shape index (κ2) is 7.35. The van der Waals surface area contributed by atoms with Gasteiger partial charge in [-0.3, -0.25) is 9.78 Å². The molecule has 0 spiro atoms. The summed E-state index contributed by atoms with van der Waals surface area (Å²) >= 11 is 0. The maximum atomic E-state index is 12.4. The number of carbonyl (C=O) groups excluding carboxylic acids is 1. The van der Waals surface area contributed by atoms with Gasteiger partial charge in [0, 0.05) is 38.1 Å². The summed E-state index contributed by atoms with van der Waals surface area (Å²) in [5.41, 5.74) is 0.777. The second-order valence-corrected chi connectivity index (χ2v) is 5.75. The van der Waals surface area contributed by atoms with E-state index in [1.807, 2.05) is 13.0 Å². The van der Waals surface area contributed by atoms with Crippen LogP contribution in [0.3, 0.4) is 0 Å². The van der Waals surface area contributed by atoms with Crippen molar-refractivity contribution in [2.45, 2.75) is 32.0 Å². The Kier molecular flexibility index (Phi) is 5.00. The highest BCUT2D eigenvalue weighted by atomic mass is 16.5. The first-order valence-electron chi connectivity index (χ1n) is 7.98. The number of rotatable bonds is 3. The SMILES string of the molecule is Cc1ncccc1O[C@H]1CCN(C(=O)c2ncccn2)CC[C@@H]1O. The van der Waals surface area contributed by atoms with E-state index in [0.717, 1.165) is 5.69 Å². The second-order valence-electron chi connectivity index (χ2n) is 5.75. The fourth-order valence-electron chi connectivity index (χ4n) is 2.71. The van der Waals surface area contributed by atoms with Crippen LogP contribution in [0.15, 0.2) is 36.8 Å². The zero-order chi connectivity index (χ0) is 16.9. The van der Waals surface area contributed by atoms with Gasteiger partial charge in [-0.25, -0.2) is 9.97 Å². The van der Waals surface area contributed by atoms with Crippen molar-refractivity contribution < 1.29 is 14.6 Å². The summed E-state index contributed by atoms with van der Waals surface area (Å²) in [4.78, 5) is 26.3. The number of hydrogen-bond acceptors (Lipinski definition) is 6. The van der Waals surface area contributed by atoms with Crippen LogP contribution >= 0.6 is 0 Å². The number of nitrogens with zero attached hydrogens (tertiary/aromatic N) is 4. The molecule has 2 atom stereocenters.